The van der Waals surface area contributed by atoms with Gasteiger partial charge in [-0.05, 0) is 93.8 Å². The molecule has 23 heteroatoms. The first kappa shape index (κ1) is 75.9. The Balaban J connectivity index is 4.28. The summed E-state index contributed by atoms with van der Waals surface area (Å²) in [4.78, 5) is 168. The van der Waals surface area contributed by atoms with Gasteiger partial charge >= 0.3 is 0 Å². The molecule has 480 valence electrons. The van der Waals surface area contributed by atoms with Crippen LogP contribution in [0.25, 0.3) is 0 Å². The number of nitrogens with one attached hydrogen (secondary N) is 4. The third kappa shape index (κ3) is 21.4. The Bertz CT molecular complexity index is 2290. The number of amides is 11. The number of aliphatic hydroxyl groups is 1. The molecular weight excluding hydrogens is 1080 g/mol. The number of allylic oxidation sites excluding steroid dienone is 2. The zero-order chi connectivity index (χ0) is 65.1. The highest BCUT2D eigenvalue weighted by Gasteiger charge is 2.45. The van der Waals surface area contributed by atoms with Gasteiger partial charge in [0.15, 0.2) is 0 Å². The summed E-state index contributed by atoms with van der Waals surface area (Å²) in [7, 11) is 9.90. The average Bonchev–Trinajstić information content (AvgIpc) is 3.39. The van der Waals surface area contributed by atoms with Crippen LogP contribution in [0.1, 0.15) is 149 Å². The van der Waals surface area contributed by atoms with Crippen LogP contribution in [0.15, 0.2) is 12.2 Å². The molecule has 1 saturated heterocycles. The van der Waals surface area contributed by atoms with E-state index in [0.717, 1.165) is 9.80 Å². The van der Waals surface area contributed by atoms with Gasteiger partial charge in [-0.1, -0.05) is 109 Å². The predicted molar refractivity (Wildman–Crippen MR) is 324 cm³/mol. The second-order valence-electron chi connectivity index (χ2n) is 25.6. The van der Waals surface area contributed by atoms with Gasteiger partial charge in [0.05, 0.1) is 19.2 Å². The van der Waals surface area contributed by atoms with E-state index in [0.29, 0.717) is 6.42 Å². The van der Waals surface area contributed by atoms with Crippen molar-refractivity contribution in [2.24, 2.45) is 41.4 Å². The van der Waals surface area contributed by atoms with Crippen LogP contribution in [-0.2, 0) is 52.7 Å². The summed E-state index contributed by atoms with van der Waals surface area (Å²) in [5, 5.41) is 22.9. The van der Waals surface area contributed by atoms with Gasteiger partial charge < -0.3 is 60.7 Å². The number of likely N-dealkylation sites (N-methyl/N-ethyl adjacent to an activating group) is 7. The molecule has 0 aromatic rings. The number of aliphatic hydroxyl groups excluding tert-OH is 1. The molecule has 1 rings (SSSR count). The smallest absolute Gasteiger partial charge is 0.246 e. The van der Waals surface area contributed by atoms with Crippen LogP contribution in [0.5, 0.6) is 0 Å². The molecule has 1 aliphatic heterocycles. The Morgan fingerprint density at radius 1 is 0.500 bits per heavy atom. The Kier molecular flexibility index (Phi) is 31.4. The van der Waals surface area contributed by atoms with E-state index in [1.807, 2.05) is 55.4 Å². The highest BCUT2D eigenvalue weighted by atomic mass is 16.3. The van der Waals surface area contributed by atoms with Gasteiger partial charge in [0.1, 0.15) is 54.4 Å². The number of carbonyl (C=O) groups is 11. The maximum absolute atomic E-state index is 15.1. The Morgan fingerprint density at radius 2 is 0.940 bits per heavy atom. The van der Waals surface area contributed by atoms with Gasteiger partial charge in [-0.2, -0.15) is 0 Å². The molecule has 0 spiro atoms. The highest BCUT2D eigenvalue weighted by Crippen LogP contribution is 2.25. The monoisotopic (exact) mass is 1190 g/mol. The SMILES string of the molecule is C/C=C/C[C@@H](C)[C@@H](O)[C@H]1C(=O)N[C@@H](CC)C(=O)N(C)CC(=O)N(C)[C@@H](CC(C)C)C(=O)N[C@@H](C(C)C)C(=O)N(C)[C@@H](CC(C)C)C(=O)NCC(=O)N[C@H](C)C(=O)N(C)[C@@H](CC(C)C)C(=O)N(C)[C@@H](CC(C)C)C(=O)N(C)[C@@H](C(C)C)C(=O)N1C. The number of carbonyl (C=O) groups excluding carboxylic acids is 11. The minimum atomic E-state index is -1.61. The van der Waals surface area contributed by atoms with E-state index in [-0.39, 0.29) is 55.8 Å². The lowest BCUT2D eigenvalue weighted by atomic mass is 9.91. The van der Waals surface area contributed by atoms with Crippen LogP contribution in [0, 0.1) is 41.4 Å². The quantitative estimate of drug-likeness (QED) is 0.148. The molecule has 23 nitrogen and oxygen atoms in total. The summed E-state index contributed by atoms with van der Waals surface area (Å²) >= 11 is 0. The fourth-order valence-electron chi connectivity index (χ4n) is 10.5. The lowest BCUT2D eigenvalue weighted by Gasteiger charge is -2.41. The molecular formula is C61H109N11O12. The first-order valence-corrected chi connectivity index (χ1v) is 30.1. The molecule has 0 aliphatic carbocycles. The van der Waals surface area contributed by atoms with E-state index in [2.05, 4.69) is 21.3 Å². The summed E-state index contributed by atoms with van der Waals surface area (Å²) in [6.45, 7) is 27.3. The Morgan fingerprint density at radius 3 is 1.39 bits per heavy atom. The van der Waals surface area contributed by atoms with Gasteiger partial charge in [-0.15, -0.1) is 0 Å². The molecule has 11 amide bonds. The average molecular weight is 1190 g/mol. The molecule has 0 aromatic heterocycles. The fourth-order valence-corrected chi connectivity index (χ4v) is 10.5. The molecule has 11 atom stereocenters. The second-order valence-corrected chi connectivity index (χ2v) is 25.6. The summed E-state index contributed by atoms with van der Waals surface area (Å²) in [5.74, 6) is -9.67. The number of nitrogens with zero attached hydrogens (tertiary/aromatic N) is 7. The summed E-state index contributed by atoms with van der Waals surface area (Å²) < 4.78 is 0. The van der Waals surface area contributed by atoms with E-state index in [9.17, 15) is 48.3 Å². The van der Waals surface area contributed by atoms with Crippen molar-refractivity contribution in [3.8, 4) is 0 Å². The molecule has 84 heavy (non-hydrogen) atoms. The van der Waals surface area contributed by atoms with E-state index >= 15 is 9.59 Å². The van der Waals surface area contributed by atoms with Crippen molar-refractivity contribution < 1.29 is 57.8 Å². The van der Waals surface area contributed by atoms with Crippen LogP contribution in [-0.4, -0.2) is 227 Å². The number of rotatable bonds is 15. The molecule has 1 aliphatic rings. The van der Waals surface area contributed by atoms with Gasteiger partial charge in [-0.3, -0.25) is 52.7 Å². The zero-order valence-corrected chi connectivity index (χ0v) is 55.2. The van der Waals surface area contributed by atoms with Crippen LogP contribution in [0.4, 0.5) is 0 Å². The minimum Gasteiger partial charge on any atom is -0.390 e. The third-order valence-corrected chi connectivity index (χ3v) is 15.8. The zero-order valence-electron chi connectivity index (χ0n) is 55.2. The second kappa shape index (κ2) is 34.7. The normalized spacial score (nSPS) is 26.2. The predicted octanol–water partition coefficient (Wildman–Crippen LogP) is 2.88. The lowest BCUT2D eigenvalue weighted by molar-refractivity contribution is -0.157. The van der Waals surface area contributed by atoms with Crippen molar-refractivity contribution in [2.45, 2.75) is 210 Å². The van der Waals surface area contributed by atoms with Crippen LogP contribution in [0.2, 0.25) is 0 Å². The molecule has 5 N–H and O–H groups in total. The summed E-state index contributed by atoms with van der Waals surface area (Å²) in [6, 6.07) is -11.0. The minimum absolute atomic E-state index is 0.0238. The van der Waals surface area contributed by atoms with Crippen molar-refractivity contribution in [2.75, 3.05) is 62.4 Å². The fraction of sp³-hybridized carbons (Fsp3) is 0.787. The van der Waals surface area contributed by atoms with E-state index < -0.39 is 156 Å². The Labute approximate surface area is 502 Å². The van der Waals surface area contributed by atoms with Gasteiger partial charge in [-0.25, -0.2) is 0 Å². The maximum Gasteiger partial charge on any atom is 0.246 e. The largest absolute Gasteiger partial charge is 0.390 e. The van der Waals surface area contributed by atoms with E-state index in [1.165, 1.54) is 80.8 Å². The van der Waals surface area contributed by atoms with Crippen molar-refractivity contribution in [3.63, 3.8) is 0 Å². The Hall–Kier alpha value is -6.13. The van der Waals surface area contributed by atoms with Crippen LogP contribution >= 0.6 is 0 Å². The molecule has 0 saturated carbocycles. The van der Waals surface area contributed by atoms with Crippen LogP contribution in [0.3, 0.4) is 0 Å². The van der Waals surface area contributed by atoms with Crippen molar-refractivity contribution in [3.05, 3.63) is 12.2 Å². The van der Waals surface area contributed by atoms with E-state index in [1.54, 1.807) is 60.6 Å². The molecule has 1 fully saturated rings. The van der Waals surface area contributed by atoms with Gasteiger partial charge in [0.25, 0.3) is 0 Å². The standard InChI is InChI=1S/C61H109N11O12/c1-24-26-27-40(15)52(75)51-55(78)64-42(25-2)57(80)66(17)33-48(74)67(18)44(29-35(5)6)54(77)65-49(38(11)12)60(83)68(19)43(28-34(3)4)53(76)62-32-47(73)63-41(16)56(79)69(20)45(30-36(7)8)58(81)70(21)46(31-37(9)10)59(82)71(22)50(39(13)14)61(84)72(51)23/h24,26,34-46,49-52,75H,25,27-33H2,1-23H3,(H,62,76)(H,63,73)(H,64,78)(H,65,77)/b26-24+/t40-,41-,42+,43+,44+,45+,46+,49+,50+,51+,52-/m1/s1. The molecule has 0 aromatic carbocycles. The van der Waals surface area contributed by atoms with Gasteiger partial charge in [0.2, 0.25) is 65.0 Å². The molecule has 0 radical (unpaired) electrons. The lowest BCUT2D eigenvalue weighted by Crippen LogP contribution is -2.63. The van der Waals surface area contributed by atoms with Crippen LogP contribution < -0.4 is 21.3 Å². The maximum atomic E-state index is 15.1. The van der Waals surface area contributed by atoms with Crippen molar-refractivity contribution in [1.82, 2.24) is 55.6 Å². The molecule has 0 unspecified atom stereocenters. The van der Waals surface area contributed by atoms with Crippen molar-refractivity contribution >= 4 is 65.0 Å². The number of hydrogen-bond donors (Lipinski definition) is 5. The topological polar surface area (TPSA) is 279 Å². The number of hydrogen-bond acceptors (Lipinski definition) is 12. The third-order valence-electron chi connectivity index (χ3n) is 15.8. The highest BCUT2D eigenvalue weighted by molar-refractivity contribution is 5.99. The summed E-state index contributed by atoms with van der Waals surface area (Å²) in [5.41, 5.74) is 0. The van der Waals surface area contributed by atoms with Gasteiger partial charge in [0, 0.05) is 49.3 Å². The van der Waals surface area contributed by atoms with Crippen molar-refractivity contribution in [1.29, 1.82) is 0 Å². The molecule has 1 heterocycles. The summed E-state index contributed by atoms with van der Waals surface area (Å²) in [6.07, 6.45) is 3.06. The first-order chi connectivity index (χ1) is 38.8. The molecule has 0 bridgehead atoms. The first-order valence-electron chi connectivity index (χ1n) is 30.1. The van der Waals surface area contributed by atoms with E-state index in [4.69, 9.17) is 0 Å².